The van der Waals surface area contributed by atoms with E-state index < -0.39 is 11.5 Å². The van der Waals surface area contributed by atoms with Crippen LogP contribution in [0, 0.1) is 5.41 Å². The van der Waals surface area contributed by atoms with Crippen LogP contribution in [0.3, 0.4) is 0 Å². The molecule has 2 fully saturated rings. The molecule has 3 heterocycles. The molecule has 2 aromatic rings. The minimum atomic E-state index is -0.637. The summed E-state index contributed by atoms with van der Waals surface area (Å²) in [6, 6.07) is 10.9. The van der Waals surface area contributed by atoms with E-state index in [4.69, 9.17) is 4.74 Å². The first-order valence-corrected chi connectivity index (χ1v) is 13.4. The number of nitrogens with zero attached hydrogens (tertiary/aromatic N) is 3. The Kier molecular flexibility index (Phi) is 8.63. The molecule has 0 bridgehead atoms. The Morgan fingerprint density at radius 2 is 1.81 bits per heavy atom. The van der Waals surface area contributed by atoms with Gasteiger partial charge in [-0.15, -0.1) is 0 Å². The molecule has 2 atom stereocenters. The van der Waals surface area contributed by atoms with E-state index in [-0.39, 0.29) is 23.8 Å². The summed E-state index contributed by atoms with van der Waals surface area (Å²) in [4.78, 5) is 41.4. The predicted octanol–water partition coefficient (Wildman–Crippen LogP) is 3.00. The first-order valence-electron chi connectivity index (χ1n) is 13.4. The third kappa shape index (κ3) is 6.21. The maximum Gasteiger partial charge on any atom is 0.272 e. The van der Waals surface area contributed by atoms with E-state index in [1.54, 1.807) is 11.6 Å². The SMILES string of the molecule is CCn1nc(-c2ccccc2)cc1C(=O)N1CCC2(CCCCOC[C@H](C)NC(=O)[C@H](C)NC2=O)CC1. The fraction of sp³-hybridized carbons (Fsp3) is 0.571. The van der Waals surface area contributed by atoms with Gasteiger partial charge >= 0.3 is 0 Å². The van der Waals surface area contributed by atoms with Crippen LogP contribution in [0.2, 0.25) is 0 Å². The number of carbonyl (C=O) groups is 3. The van der Waals surface area contributed by atoms with Crippen molar-refractivity contribution in [3.05, 3.63) is 42.1 Å². The summed E-state index contributed by atoms with van der Waals surface area (Å²) in [5, 5.41) is 10.5. The molecule has 4 rings (SSSR count). The van der Waals surface area contributed by atoms with E-state index >= 15 is 0 Å². The van der Waals surface area contributed by atoms with Gasteiger partial charge in [0.05, 0.1) is 17.7 Å². The van der Waals surface area contributed by atoms with Gasteiger partial charge < -0.3 is 20.3 Å². The summed E-state index contributed by atoms with van der Waals surface area (Å²) in [7, 11) is 0. The van der Waals surface area contributed by atoms with Crippen molar-refractivity contribution in [2.75, 3.05) is 26.3 Å². The van der Waals surface area contributed by atoms with E-state index in [1.165, 1.54) is 0 Å². The average Bonchev–Trinajstić information content (AvgIpc) is 3.35. The van der Waals surface area contributed by atoms with Crippen molar-refractivity contribution in [1.29, 1.82) is 0 Å². The zero-order valence-electron chi connectivity index (χ0n) is 22.2. The topological polar surface area (TPSA) is 106 Å². The minimum Gasteiger partial charge on any atom is -0.379 e. The van der Waals surface area contributed by atoms with Crippen molar-refractivity contribution in [3.8, 4) is 11.3 Å². The number of rotatable bonds is 3. The first-order chi connectivity index (χ1) is 17.8. The maximum atomic E-state index is 13.5. The van der Waals surface area contributed by atoms with Crippen molar-refractivity contribution >= 4 is 17.7 Å². The zero-order valence-corrected chi connectivity index (χ0v) is 22.2. The number of hydrogen-bond donors (Lipinski definition) is 2. The number of carbonyl (C=O) groups excluding carboxylic acids is 3. The molecule has 0 radical (unpaired) electrons. The van der Waals surface area contributed by atoms with Gasteiger partial charge in [-0.2, -0.15) is 5.10 Å². The van der Waals surface area contributed by atoms with Crippen LogP contribution in [-0.4, -0.2) is 70.8 Å². The largest absolute Gasteiger partial charge is 0.379 e. The molecule has 2 aliphatic rings. The monoisotopic (exact) mass is 509 g/mol. The lowest BCUT2D eigenvalue weighted by molar-refractivity contribution is -0.137. The zero-order chi connectivity index (χ0) is 26.4. The van der Waals surface area contributed by atoms with Gasteiger partial charge in [0.1, 0.15) is 11.7 Å². The standard InChI is InChI=1S/C28H39N5O4/c1-4-33-24(18-23(31-33)22-10-6-5-7-11-22)26(35)32-15-13-28(14-16-32)12-8-9-17-37-19-20(2)29-25(34)21(3)30-27(28)36/h5-7,10-11,18,20-21H,4,8-9,12-17,19H2,1-3H3,(H,29,34)(H,30,36)/t20-,21-/m0/s1. The van der Waals surface area contributed by atoms with E-state index in [1.807, 2.05) is 55.1 Å². The van der Waals surface area contributed by atoms with Crippen molar-refractivity contribution in [2.24, 2.45) is 5.41 Å². The number of nitrogens with one attached hydrogen (secondary N) is 2. The summed E-state index contributed by atoms with van der Waals surface area (Å²) in [6.07, 6.45) is 3.53. The molecule has 0 unspecified atom stereocenters. The number of benzene rings is 1. The molecule has 0 saturated carbocycles. The van der Waals surface area contributed by atoms with Crippen LogP contribution in [0.5, 0.6) is 0 Å². The Balaban J connectivity index is 1.47. The Morgan fingerprint density at radius 1 is 1.08 bits per heavy atom. The van der Waals surface area contributed by atoms with Gasteiger partial charge in [-0.3, -0.25) is 19.1 Å². The number of hydrogen-bond acceptors (Lipinski definition) is 5. The van der Waals surface area contributed by atoms with E-state index in [2.05, 4.69) is 15.7 Å². The van der Waals surface area contributed by atoms with Gasteiger partial charge in [0.2, 0.25) is 11.8 Å². The van der Waals surface area contributed by atoms with Crippen LogP contribution in [0.25, 0.3) is 11.3 Å². The van der Waals surface area contributed by atoms with Crippen LogP contribution >= 0.6 is 0 Å². The summed E-state index contributed by atoms with van der Waals surface area (Å²) in [5.41, 5.74) is 1.70. The summed E-state index contributed by atoms with van der Waals surface area (Å²) < 4.78 is 7.47. The van der Waals surface area contributed by atoms with E-state index in [0.717, 1.165) is 24.1 Å². The number of aryl methyl sites for hydroxylation is 1. The molecule has 9 nitrogen and oxygen atoms in total. The minimum absolute atomic E-state index is 0.0634. The third-order valence-electron chi connectivity index (χ3n) is 7.55. The van der Waals surface area contributed by atoms with Crippen LogP contribution < -0.4 is 10.6 Å². The van der Waals surface area contributed by atoms with Gasteiger partial charge in [0.25, 0.3) is 5.91 Å². The van der Waals surface area contributed by atoms with Crippen molar-refractivity contribution in [3.63, 3.8) is 0 Å². The normalized spacial score (nSPS) is 23.4. The number of piperidine rings is 1. The Labute approximate surface area is 218 Å². The Bertz CT molecular complexity index is 1090. The lowest BCUT2D eigenvalue weighted by Crippen LogP contribution is -2.55. The van der Waals surface area contributed by atoms with Crippen molar-refractivity contribution < 1.29 is 19.1 Å². The molecule has 2 aliphatic heterocycles. The first kappa shape index (κ1) is 26.9. The van der Waals surface area contributed by atoms with E-state index in [0.29, 0.717) is 57.8 Å². The summed E-state index contributed by atoms with van der Waals surface area (Å²) >= 11 is 0. The van der Waals surface area contributed by atoms with Crippen LogP contribution in [-0.2, 0) is 20.9 Å². The fourth-order valence-corrected chi connectivity index (χ4v) is 5.22. The second-order valence-electron chi connectivity index (χ2n) is 10.3. The fourth-order valence-electron chi connectivity index (χ4n) is 5.22. The predicted molar refractivity (Wildman–Crippen MR) is 141 cm³/mol. The molecular weight excluding hydrogens is 470 g/mol. The molecule has 1 aromatic heterocycles. The highest BCUT2D eigenvalue weighted by molar-refractivity contribution is 5.94. The summed E-state index contributed by atoms with van der Waals surface area (Å²) in [5.74, 6) is -0.375. The number of amides is 3. The summed E-state index contributed by atoms with van der Waals surface area (Å²) in [6.45, 7) is 8.19. The molecule has 9 heteroatoms. The quantitative estimate of drug-likeness (QED) is 0.662. The van der Waals surface area contributed by atoms with E-state index in [9.17, 15) is 14.4 Å². The molecule has 37 heavy (non-hydrogen) atoms. The maximum absolute atomic E-state index is 13.5. The highest BCUT2D eigenvalue weighted by Gasteiger charge is 2.43. The number of ether oxygens (including phenoxy) is 1. The lowest BCUT2D eigenvalue weighted by atomic mass is 9.73. The highest BCUT2D eigenvalue weighted by atomic mass is 16.5. The molecular formula is C28H39N5O4. The second-order valence-corrected chi connectivity index (χ2v) is 10.3. The van der Waals surface area contributed by atoms with Gasteiger partial charge in [-0.1, -0.05) is 36.8 Å². The second kappa shape index (κ2) is 11.9. The molecule has 200 valence electrons. The highest BCUT2D eigenvalue weighted by Crippen LogP contribution is 2.38. The van der Waals surface area contributed by atoms with Gasteiger partial charge in [0.15, 0.2) is 0 Å². The Hall–Kier alpha value is -3.20. The molecule has 2 N–H and O–H groups in total. The van der Waals surface area contributed by atoms with Crippen LogP contribution in [0.4, 0.5) is 0 Å². The molecule has 0 aliphatic carbocycles. The van der Waals surface area contributed by atoms with Crippen LogP contribution in [0.15, 0.2) is 36.4 Å². The lowest BCUT2D eigenvalue weighted by Gasteiger charge is -2.41. The number of likely N-dealkylation sites (tertiary alicyclic amines) is 1. The van der Waals surface area contributed by atoms with Gasteiger partial charge in [0, 0.05) is 37.8 Å². The molecule has 2 saturated heterocycles. The number of aromatic nitrogens is 2. The average molecular weight is 510 g/mol. The smallest absolute Gasteiger partial charge is 0.272 e. The molecule has 3 amide bonds. The van der Waals surface area contributed by atoms with Crippen LogP contribution in [0.1, 0.15) is 63.4 Å². The Morgan fingerprint density at radius 3 is 2.51 bits per heavy atom. The van der Waals surface area contributed by atoms with Crippen molar-refractivity contribution in [2.45, 2.75) is 71.5 Å². The third-order valence-corrected chi connectivity index (χ3v) is 7.55. The molecule has 1 aromatic carbocycles. The van der Waals surface area contributed by atoms with Gasteiger partial charge in [-0.05, 0) is 52.5 Å². The van der Waals surface area contributed by atoms with Gasteiger partial charge in [-0.25, -0.2) is 0 Å². The van der Waals surface area contributed by atoms with Crippen molar-refractivity contribution in [1.82, 2.24) is 25.3 Å². The molecule has 1 spiro atoms.